The molecule has 6 nitrogen and oxygen atoms in total. The smallest absolute Gasteiger partial charge is 0.237 e. The van der Waals surface area contributed by atoms with Crippen LogP contribution in [0.4, 0.5) is 0 Å². The van der Waals surface area contributed by atoms with Crippen molar-refractivity contribution in [3.05, 3.63) is 0 Å². The largest absolute Gasteiger partial charge is 0.374 e. The molecule has 0 spiro atoms. The van der Waals surface area contributed by atoms with Gasteiger partial charge < -0.3 is 9.64 Å². The number of likely N-dealkylation sites (N-methyl/N-ethyl adjacent to an activating group) is 1. The Morgan fingerprint density at radius 2 is 2.04 bits per heavy atom. The van der Waals surface area contributed by atoms with Gasteiger partial charge in [0.15, 0.2) is 9.84 Å². The zero-order chi connectivity index (χ0) is 16.4. The molecule has 23 heavy (non-hydrogen) atoms. The van der Waals surface area contributed by atoms with Crippen molar-refractivity contribution in [3.63, 3.8) is 0 Å². The first-order valence-electron chi connectivity index (χ1n) is 8.85. The summed E-state index contributed by atoms with van der Waals surface area (Å²) in [4.78, 5) is 16.9. The number of hydrogen-bond donors (Lipinski definition) is 0. The molecule has 2 aliphatic heterocycles. The predicted octanol–water partition coefficient (Wildman–Crippen LogP) is 0.665. The fraction of sp³-hybridized carbons (Fsp3) is 0.938. The van der Waals surface area contributed by atoms with E-state index in [0.717, 1.165) is 19.3 Å². The van der Waals surface area contributed by atoms with Gasteiger partial charge in [-0.25, -0.2) is 8.42 Å². The molecule has 0 radical (unpaired) electrons. The van der Waals surface area contributed by atoms with Crippen molar-refractivity contribution in [2.24, 2.45) is 0 Å². The zero-order valence-corrected chi connectivity index (χ0v) is 14.8. The lowest BCUT2D eigenvalue weighted by Crippen LogP contribution is -2.57. The van der Waals surface area contributed by atoms with E-state index in [1.165, 1.54) is 6.42 Å². The third-order valence-electron chi connectivity index (χ3n) is 5.52. The Kier molecular flexibility index (Phi) is 5.28. The summed E-state index contributed by atoms with van der Waals surface area (Å²) >= 11 is 0. The van der Waals surface area contributed by atoms with Crippen LogP contribution >= 0.6 is 0 Å². The Labute approximate surface area is 139 Å². The van der Waals surface area contributed by atoms with E-state index >= 15 is 0 Å². The Bertz CT molecular complexity index is 534. The van der Waals surface area contributed by atoms with Crippen LogP contribution < -0.4 is 0 Å². The highest BCUT2D eigenvalue weighted by atomic mass is 32.2. The van der Waals surface area contributed by atoms with E-state index in [1.807, 2.05) is 16.7 Å². The van der Waals surface area contributed by atoms with Gasteiger partial charge in [0.2, 0.25) is 5.91 Å². The summed E-state index contributed by atoms with van der Waals surface area (Å²) in [5, 5.41) is 0. The average molecular weight is 344 g/mol. The second-order valence-corrected chi connectivity index (χ2v) is 9.20. The van der Waals surface area contributed by atoms with Gasteiger partial charge in [-0.15, -0.1) is 0 Å². The van der Waals surface area contributed by atoms with E-state index in [9.17, 15) is 13.2 Å². The Balaban J connectivity index is 1.62. The number of sulfone groups is 1. The molecular formula is C16H28N2O4S. The van der Waals surface area contributed by atoms with E-state index in [-0.39, 0.29) is 35.6 Å². The van der Waals surface area contributed by atoms with Crippen molar-refractivity contribution in [3.8, 4) is 0 Å². The number of morpholine rings is 1. The predicted molar refractivity (Wildman–Crippen MR) is 88.0 cm³/mol. The molecule has 3 fully saturated rings. The van der Waals surface area contributed by atoms with Crippen LogP contribution in [0, 0.1) is 0 Å². The minimum Gasteiger partial charge on any atom is -0.374 e. The van der Waals surface area contributed by atoms with E-state index in [0.29, 0.717) is 32.7 Å². The van der Waals surface area contributed by atoms with Crippen LogP contribution in [0.3, 0.4) is 0 Å². The van der Waals surface area contributed by atoms with Gasteiger partial charge in [-0.1, -0.05) is 19.8 Å². The summed E-state index contributed by atoms with van der Waals surface area (Å²) in [6.45, 7) is 4.34. The average Bonchev–Trinajstić information content (AvgIpc) is 2.91. The van der Waals surface area contributed by atoms with Crippen LogP contribution in [0.1, 0.15) is 39.0 Å². The molecule has 0 aromatic heterocycles. The fourth-order valence-electron chi connectivity index (χ4n) is 4.23. The number of amides is 1. The molecule has 2 heterocycles. The van der Waals surface area contributed by atoms with Crippen LogP contribution in [-0.2, 0) is 19.4 Å². The highest BCUT2D eigenvalue weighted by Crippen LogP contribution is 2.28. The highest BCUT2D eigenvalue weighted by molar-refractivity contribution is 7.91. The first-order chi connectivity index (χ1) is 11.0. The molecule has 7 heteroatoms. The number of fused-ring (bicyclic) bond motifs is 1. The molecule has 3 rings (SSSR count). The van der Waals surface area contributed by atoms with Crippen molar-refractivity contribution in [1.82, 2.24) is 9.80 Å². The number of nitrogens with zero attached hydrogens (tertiary/aromatic N) is 2. The SMILES string of the molecule is CCN(CC(=O)N1CCOC2CCCCC21)C1CCS(=O)(=O)C1. The Morgan fingerprint density at radius 3 is 2.74 bits per heavy atom. The summed E-state index contributed by atoms with van der Waals surface area (Å²) in [7, 11) is -2.92. The van der Waals surface area contributed by atoms with E-state index in [1.54, 1.807) is 0 Å². The van der Waals surface area contributed by atoms with Gasteiger partial charge in [-0.05, 0) is 25.8 Å². The third-order valence-corrected chi connectivity index (χ3v) is 7.27. The molecule has 3 aliphatic rings. The van der Waals surface area contributed by atoms with Crippen molar-refractivity contribution < 1.29 is 17.9 Å². The zero-order valence-electron chi connectivity index (χ0n) is 13.9. The first-order valence-corrected chi connectivity index (χ1v) is 10.7. The van der Waals surface area contributed by atoms with Crippen molar-refractivity contribution >= 4 is 15.7 Å². The number of hydrogen-bond acceptors (Lipinski definition) is 5. The normalized spacial score (nSPS) is 33.7. The van der Waals surface area contributed by atoms with Gasteiger partial charge in [-0.3, -0.25) is 9.69 Å². The molecule has 1 amide bonds. The van der Waals surface area contributed by atoms with Crippen molar-refractivity contribution in [2.45, 2.75) is 57.2 Å². The minimum absolute atomic E-state index is 0.00265. The number of ether oxygens (including phenoxy) is 1. The third kappa shape index (κ3) is 3.88. The van der Waals surface area contributed by atoms with Crippen molar-refractivity contribution in [2.75, 3.05) is 37.7 Å². The van der Waals surface area contributed by atoms with Gasteiger partial charge in [0.25, 0.3) is 0 Å². The number of carbonyl (C=O) groups is 1. The second kappa shape index (κ2) is 7.07. The van der Waals surface area contributed by atoms with Gasteiger partial charge in [0.05, 0.1) is 36.8 Å². The van der Waals surface area contributed by atoms with Crippen LogP contribution in [0.25, 0.3) is 0 Å². The molecule has 0 N–H and O–H groups in total. The van der Waals surface area contributed by atoms with Crippen LogP contribution in [0.5, 0.6) is 0 Å². The summed E-state index contributed by atoms with van der Waals surface area (Å²) in [5.41, 5.74) is 0. The van der Waals surface area contributed by atoms with E-state index in [2.05, 4.69) is 0 Å². The minimum atomic E-state index is -2.92. The van der Waals surface area contributed by atoms with Crippen LogP contribution in [0.15, 0.2) is 0 Å². The molecule has 3 atom stereocenters. The maximum Gasteiger partial charge on any atom is 0.237 e. The topological polar surface area (TPSA) is 66.9 Å². The van der Waals surface area contributed by atoms with E-state index < -0.39 is 9.84 Å². The lowest BCUT2D eigenvalue weighted by molar-refractivity contribution is -0.151. The quantitative estimate of drug-likeness (QED) is 0.750. The second-order valence-electron chi connectivity index (χ2n) is 6.97. The van der Waals surface area contributed by atoms with Gasteiger partial charge in [-0.2, -0.15) is 0 Å². The maximum atomic E-state index is 12.8. The summed E-state index contributed by atoms with van der Waals surface area (Å²) in [6.07, 6.45) is 5.27. The fourth-order valence-corrected chi connectivity index (χ4v) is 5.99. The molecule has 0 aromatic carbocycles. The maximum absolute atomic E-state index is 12.8. The molecule has 3 unspecified atom stereocenters. The number of rotatable bonds is 4. The number of carbonyl (C=O) groups excluding carboxylic acids is 1. The monoisotopic (exact) mass is 344 g/mol. The lowest BCUT2D eigenvalue weighted by Gasteiger charge is -2.44. The summed E-state index contributed by atoms with van der Waals surface area (Å²) in [6, 6.07) is 0.216. The summed E-state index contributed by atoms with van der Waals surface area (Å²) < 4.78 is 29.2. The molecule has 132 valence electrons. The van der Waals surface area contributed by atoms with Gasteiger partial charge in [0, 0.05) is 12.6 Å². The Morgan fingerprint density at radius 1 is 1.26 bits per heavy atom. The first kappa shape index (κ1) is 17.2. The van der Waals surface area contributed by atoms with Gasteiger partial charge >= 0.3 is 0 Å². The van der Waals surface area contributed by atoms with Crippen LogP contribution in [0.2, 0.25) is 0 Å². The molecule has 0 aromatic rings. The standard InChI is InChI=1S/C16H28N2O4S/c1-2-17(13-7-10-23(20,21)12-13)11-16(19)18-8-9-22-15-6-4-3-5-14(15)18/h13-15H,2-12H2,1H3. The van der Waals surface area contributed by atoms with Crippen molar-refractivity contribution in [1.29, 1.82) is 0 Å². The Hall–Kier alpha value is -0.660. The van der Waals surface area contributed by atoms with E-state index in [4.69, 9.17) is 4.74 Å². The van der Waals surface area contributed by atoms with Crippen LogP contribution in [-0.4, -0.2) is 80.1 Å². The molecular weight excluding hydrogens is 316 g/mol. The van der Waals surface area contributed by atoms with Gasteiger partial charge in [0.1, 0.15) is 0 Å². The summed E-state index contributed by atoms with van der Waals surface area (Å²) in [5.74, 6) is 0.588. The molecule has 0 bridgehead atoms. The molecule has 2 saturated heterocycles. The highest BCUT2D eigenvalue weighted by Gasteiger charge is 2.38. The molecule has 1 aliphatic carbocycles. The molecule has 1 saturated carbocycles. The lowest BCUT2D eigenvalue weighted by atomic mass is 9.90.